The topological polar surface area (TPSA) is 48.0 Å². The Kier molecular flexibility index (Phi) is 4.52. The molecule has 2 bridgehead atoms. The van der Waals surface area contributed by atoms with Gasteiger partial charge in [0.25, 0.3) is 0 Å². The molecule has 0 spiro atoms. The molecule has 1 heterocycles. The van der Waals surface area contributed by atoms with Crippen LogP contribution in [0.4, 0.5) is 0 Å². The van der Waals surface area contributed by atoms with Gasteiger partial charge in [0.05, 0.1) is 13.2 Å². The van der Waals surface area contributed by atoms with Crippen LogP contribution in [0.15, 0.2) is 24.3 Å². The van der Waals surface area contributed by atoms with Crippen LogP contribution in [0.5, 0.6) is 11.5 Å². The van der Waals surface area contributed by atoms with Gasteiger partial charge < -0.3 is 19.1 Å². The van der Waals surface area contributed by atoms with Gasteiger partial charge in [0.15, 0.2) is 0 Å². The quantitative estimate of drug-likeness (QED) is 0.807. The Labute approximate surface area is 131 Å². The first kappa shape index (κ1) is 15.2. The number of hydrogen-bond donors (Lipinski definition) is 0. The van der Waals surface area contributed by atoms with E-state index in [9.17, 15) is 4.79 Å². The van der Waals surface area contributed by atoms with Crippen LogP contribution in [-0.2, 0) is 9.53 Å². The molecule has 1 aliphatic carbocycles. The lowest BCUT2D eigenvalue weighted by Crippen LogP contribution is -2.49. The SMILES string of the molecule is COCC(=O)N1[C@@H]2CC[C@H](C2)[C@@H]1COc1cccc(OC)c1. The monoisotopic (exact) mass is 305 g/mol. The van der Waals surface area contributed by atoms with Crippen LogP contribution in [0.25, 0.3) is 0 Å². The van der Waals surface area contributed by atoms with Crippen LogP contribution in [0, 0.1) is 5.92 Å². The van der Waals surface area contributed by atoms with Crippen molar-refractivity contribution in [1.82, 2.24) is 4.90 Å². The van der Waals surface area contributed by atoms with Gasteiger partial charge in [-0.1, -0.05) is 6.07 Å². The molecule has 3 rings (SSSR count). The van der Waals surface area contributed by atoms with Crippen LogP contribution >= 0.6 is 0 Å². The van der Waals surface area contributed by atoms with Crippen molar-refractivity contribution in [3.05, 3.63) is 24.3 Å². The molecule has 5 nitrogen and oxygen atoms in total. The molecule has 0 unspecified atom stereocenters. The summed E-state index contributed by atoms with van der Waals surface area (Å²) >= 11 is 0. The van der Waals surface area contributed by atoms with Gasteiger partial charge in [-0.2, -0.15) is 0 Å². The molecule has 1 saturated heterocycles. The van der Waals surface area contributed by atoms with Crippen molar-refractivity contribution in [2.45, 2.75) is 31.3 Å². The maximum atomic E-state index is 12.3. The zero-order valence-electron chi connectivity index (χ0n) is 13.2. The summed E-state index contributed by atoms with van der Waals surface area (Å²) in [6, 6.07) is 8.10. The largest absolute Gasteiger partial charge is 0.497 e. The fourth-order valence-corrected chi connectivity index (χ4v) is 3.77. The fourth-order valence-electron chi connectivity index (χ4n) is 3.77. The van der Waals surface area contributed by atoms with Crippen molar-refractivity contribution in [3.8, 4) is 11.5 Å². The van der Waals surface area contributed by atoms with Crippen LogP contribution < -0.4 is 9.47 Å². The number of benzene rings is 1. The number of fused-ring (bicyclic) bond motifs is 2. The third kappa shape index (κ3) is 2.90. The molecule has 0 radical (unpaired) electrons. The highest BCUT2D eigenvalue weighted by Crippen LogP contribution is 2.42. The van der Waals surface area contributed by atoms with Gasteiger partial charge in [0, 0.05) is 19.2 Å². The Hall–Kier alpha value is -1.75. The van der Waals surface area contributed by atoms with E-state index in [1.165, 1.54) is 6.42 Å². The average Bonchev–Trinajstić information content (AvgIpc) is 3.14. The molecule has 1 aromatic carbocycles. The third-order valence-corrected chi connectivity index (χ3v) is 4.76. The first-order valence-corrected chi connectivity index (χ1v) is 7.80. The highest BCUT2D eigenvalue weighted by Gasteiger charge is 2.48. The van der Waals surface area contributed by atoms with Gasteiger partial charge in [-0.05, 0) is 37.3 Å². The van der Waals surface area contributed by atoms with Gasteiger partial charge in [0.2, 0.25) is 5.91 Å². The molecule has 22 heavy (non-hydrogen) atoms. The Morgan fingerprint density at radius 1 is 1.27 bits per heavy atom. The smallest absolute Gasteiger partial charge is 0.249 e. The van der Waals surface area contributed by atoms with E-state index in [0.29, 0.717) is 18.6 Å². The predicted molar refractivity (Wildman–Crippen MR) is 82.1 cm³/mol. The van der Waals surface area contributed by atoms with E-state index >= 15 is 0 Å². The minimum Gasteiger partial charge on any atom is -0.497 e. The molecule has 1 saturated carbocycles. The zero-order valence-corrected chi connectivity index (χ0v) is 13.2. The minimum absolute atomic E-state index is 0.0777. The van der Waals surface area contributed by atoms with Gasteiger partial charge in [-0.3, -0.25) is 4.79 Å². The number of carbonyl (C=O) groups excluding carboxylic acids is 1. The second-order valence-electron chi connectivity index (χ2n) is 6.02. The van der Waals surface area contributed by atoms with E-state index in [1.54, 1.807) is 14.2 Å². The van der Waals surface area contributed by atoms with Crippen LogP contribution in [-0.4, -0.2) is 50.3 Å². The summed E-state index contributed by atoms with van der Waals surface area (Å²) < 4.78 is 16.2. The van der Waals surface area contributed by atoms with Gasteiger partial charge in [-0.15, -0.1) is 0 Å². The normalized spacial score (nSPS) is 26.3. The lowest BCUT2D eigenvalue weighted by atomic mass is 9.99. The van der Waals surface area contributed by atoms with Crippen LogP contribution in [0.2, 0.25) is 0 Å². The van der Waals surface area contributed by atoms with Gasteiger partial charge in [-0.25, -0.2) is 0 Å². The number of piperidine rings is 1. The summed E-state index contributed by atoms with van der Waals surface area (Å²) in [5.41, 5.74) is 0. The molecule has 1 amide bonds. The van der Waals surface area contributed by atoms with E-state index in [2.05, 4.69) is 0 Å². The lowest BCUT2D eigenvalue weighted by Gasteiger charge is -2.35. The van der Waals surface area contributed by atoms with E-state index in [1.807, 2.05) is 29.2 Å². The lowest BCUT2D eigenvalue weighted by molar-refractivity contribution is -0.140. The van der Waals surface area contributed by atoms with Crippen molar-refractivity contribution < 1.29 is 19.0 Å². The Morgan fingerprint density at radius 2 is 2.09 bits per heavy atom. The second kappa shape index (κ2) is 6.57. The highest BCUT2D eigenvalue weighted by atomic mass is 16.5. The summed E-state index contributed by atoms with van der Waals surface area (Å²) in [6.07, 6.45) is 3.39. The molecule has 1 aliphatic heterocycles. The summed E-state index contributed by atoms with van der Waals surface area (Å²) in [5.74, 6) is 2.18. The van der Waals surface area contributed by atoms with E-state index in [-0.39, 0.29) is 18.6 Å². The number of hydrogen-bond acceptors (Lipinski definition) is 4. The summed E-state index contributed by atoms with van der Waals surface area (Å²) in [4.78, 5) is 14.3. The van der Waals surface area contributed by atoms with E-state index in [4.69, 9.17) is 14.2 Å². The number of rotatable bonds is 6. The first-order valence-electron chi connectivity index (χ1n) is 7.80. The first-order chi connectivity index (χ1) is 10.7. The van der Waals surface area contributed by atoms with Gasteiger partial charge >= 0.3 is 0 Å². The van der Waals surface area contributed by atoms with E-state index < -0.39 is 0 Å². The number of amides is 1. The molecule has 2 fully saturated rings. The number of nitrogens with zero attached hydrogens (tertiary/aromatic N) is 1. The average molecular weight is 305 g/mol. The van der Waals surface area contributed by atoms with Crippen molar-refractivity contribution in [1.29, 1.82) is 0 Å². The predicted octanol–water partition coefficient (Wildman–Crippen LogP) is 2.10. The summed E-state index contributed by atoms with van der Waals surface area (Å²) in [6.45, 7) is 0.683. The second-order valence-corrected chi connectivity index (χ2v) is 6.02. The maximum absolute atomic E-state index is 12.3. The van der Waals surface area contributed by atoms with Crippen molar-refractivity contribution in [2.24, 2.45) is 5.92 Å². The van der Waals surface area contributed by atoms with Crippen molar-refractivity contribution in [3.63, 3.8) is 0 Å². The number of likely N-dealkylation sites (tertiary alicyclic amines) is 1. The maximum Gasteiger partial charge on any atom is 0.249 e. The zero-order chi connectivity index (χ0) is 15.5. The van der Waals surface area contributed by atoms with Gasteiger partial charge in [0.1, 0.15) is 24.7 Å². The molecular formula is C17H23NO4. The third-order valence-electron chi connectivity index (χ3n) is 4.76. The van der Waals surface area contributed by atoms with Crippen molar-refractivity contribution >= 4 is 5.91 Å². The Bertz CT molecular complexity index is 533. The molecule has 120 valence electrons. The fraction of sp³-hybridized carbons (Fsp3) is 0.588. The molecule has 1 aromatic rings. The molecule has 0 aromatic heterocycles. The highest BCUT2D eigenvalue weighted by molar-refractivity contribution is 5.78. The number of ether oxygens (including phenoxy) is 3. The number of carbonyl (C=O) groups is 1. The minimum atomic E-state index is 0.0777. The molecule has 2 aliphatic rings. The van der Waals surface area contributed by atoms with Crippen LogP contribution in [0.3, 0.4) is 0 Å². The van der Waals surface area contributed by atoms with Crippen LogP contribution in [0.1, 0.15) is 19.3 Å². The molecular weight excluding hydrogens is 282 g/mol. The Balaban J connectivity index is 1.66. The summed E-state index contributed by atoms with van der Waals surface area (Å²) in [7, 11) is 3.20. The molecule has 5 heteroatoms. The standard InChI is InChI=1S/C17H23NO4/c1-20-11-17(19)18-13-7-6-12(8-13)16(18)10-22-15-5-3-4-14(9-15)21-2/h3-5,9,12-13,16H,6-8,10-11H2,1-2H3/t12-,13-,16+/m1/s1. The van der Waals surface area contributed by atoms with Crippen molar-refractivity contribution in [2.75, 3.05) is 27.4 Å². The van der Waals surface area contributed by atoms with E-state index in [0.717, 1.165) is 24.3 Å². The number of methoxy groups -OCH3 is 2. The molecule has 0 N–H and O–H groups in total. The summed E-state index contributed by atoms with van der Waals surface area (Å²) in [5, 5.41) is 0. The Morgan fingerprint density at radius 3 is 2.86 bits per heavy atom. The molecule has 3 atom stereocenters.